The number of aliphatic imine (C=N–C) groups is 1. The number of hydrazine groups is 1. The van der Waals surface area contributed by atoms with Crippen molar-refractivity contribution in [2.75, 3.05) is 0 Å². The minimum absolute atomic E-state index is 0.205. The molecule has 0 saturated heterocycles. The molecular formula is C5H6Cl2N4O. The van der Waals surface area contributed by atoms with Crippen LogP contribution in [0, 0.1) is 0 Å². The second kappa shape index (κ2) is 3.75. The van der Waals surface area contributed by atoms with Crippen LogP contribution in [0.2, 0.25) is 0 Å². The first-order valence-electron chi connectivity index (χ1n) is 3.00. The van der Waals surface area contributed by atoms with Crippen molar-refractivity contribution < 1.29 is 4.79 Å². The lowest BCUT2D eigenvalue weighted by Crippen LogP contribution is -2.48. The molecule has 1 unspecified atom stereocenters. The number of nitrogens with zero attached hydrogens (tertiary/aromatic N) is 2. The van der Waals surface area contributed by atoms with E-state index in [1.54, 1.807) is 0 Å². The molecule has 1 aliphatic rings. The average molecular weight is 209 g/mol. The van der Waals surface area contributed by atoms with Crippen LogP contribution in [0.1, 0.15) is 0 Å². The summed E-state index contributed by atoms with van der Waals surface area (Å²) >= 11 is 11.2. The first kappa shape index (κ1) is 9.31. The Balaban J connectivity index is 2.79. The van der Waals surface area contributed by atoms with Gasteiger partial charge in [-0.15, -0.1) is 0 Å². The number of allylic oxidation sites excluding steroid dienone is 1. The highest BCUT2D eigenvalue weighted by Crippen LogP contribution is 2.15. The summed E-state index contributed by atoms with van der Waals surface area (Å²) < 4.78 is 0. The van der Waals surface area contributed by atoms with Crippen LogP contribution in [0.25, 0.3) is 0 Å². The fourth-order valence-corrected chi connectivity index (χ4v) is 1.22. The van der Waals surface area contributed by atoms with Crippen LogP contribution in [-0.4, -0.2) is 22.9 Å². The highest BCUT2D eigenvalue weighted by Gasteiger charge is 2.19. The molecule has 1 atom stereocenters. The lowest BCUT2D eigenvalue weighted by atomic mass is 10.5. The standard InChI is InChI=1S/C5H6Cl2N4O/c6-3-1-4(7)11(9-2-12)5(8)10-3/h1-2,5H,8H2,(H,9,12). The van der Waals surface area contributed by atoms with E-state index in [9.17, 15) is 4.79 Å². The van der Waals surface area contributed by atoms with Gasteiger partial charge >= 0.3 is 0 Å². The van der Waals surface area contributed by atoms with Crippen LogP contribution < -0.4 is 11.2 Å². The Morgan fingerprint density at radius 1 is 1.75 bits per heavy atom. The Labute approximate surface area is 78.8 Å². The van der Waals surface area contributed by atoms with E-state index in [2.05, 4.69) is 10.4 Å². The quantitative estimate of drug-likeness (QED) is 0.493. The van der Waals surface area contributed by atoms with Crippen molar-refractivity contribution in [1.82, 2.24) is 10.4 Å². The summed E-state index contributed by atoms with van der Waals surface area (Å²) in [7, 11) is 0. The molecule has 0 fully saturated rings. The number of hydrogen-bond acceptors (Lipinski definition) is 4. The van der Waals surface area contributed by atoms with Gasteiger partial charge in [-0.1, -0.05) is 23.2 Å². The van der Waals surface area contributed by atoms with Gasteiger partial charge in [-0.3, -0.25) is 16.0 Å². The van der Waals surface area contributed by atoms with Crippen LogP contribution in [0.4, 0.5) is 0 Å². The topological polar surface area (TPSA) is 70.7 Å². The molecule has 7 heteroatoms. The minimum atomic E-state index is -0.778. The van der Waals surface area contributed by atoms with E-state index >= 15 is 0 Å². The van der Waals surface area contributed by atoms with E-state index in [0.29, 0.717) is 6.41 Å². The average Bonchev–Trinajstić information content (AvgIpc) is 1.96. The van der Waals surface area contributed by atoms with Crippen LogP contribution in [0.5, 0.6) is 0 Å². The maximum absolute atomic E-state index is 10.1. The third kappa shape index (κ3) is 1.88. The summed E-state index contributed by atoms with van der Waals surface area (Å²) in [6.45, 7) is 0. The number of rotatable bonds is 2. The van der Waals surface area contributed by atoms with E-state index in [4.69, 9.17) is 28.9 Å². The van der Waals surface area contributed by atoms with E-state index in [0.717, 1.165) is 0 Å². The van der Waals surface area contributed by atoms with Gasteiger partial charge in [0.25, 0.3) is 0 Å². The summed E-state index contributed by atoms with van der Waals surface area (Å²) in [6.07, 6.45) is 1.05. The van der Waals surface area contributed by atoms with Gasteiger partial charge in [-0.05, 0) is 0 Å². The lowest BCUT2D eigenvalue weighted by molar-refractivity contribution is -0.113. The van der Waals surface area contributed by atoms with Gasteiger partial charge in [0, 0.05) is 6.08 Å². The molecule has 0 aromatic carbocycles. The number of amides is 1. The van der Waals surface area contributed by atoms with Crippen LogP contribution in [-0.2, 0) is 4.79 Å². The van der Waals surface area contributed by atoms with Gasteiger partial charge < -0.3 is 0 Å². The van der Waals surface area contributed by atoms with Gasteiger partial charge in [-0.2, -0.15) is 0 Å². The Kier molecular flexibility index (Phi) is 2.91. The van der Waals surface area contributed by atoms with Gasteiger partial charge in [0.05, 0.1) is 0 Å². The lowest BCUT2D eigenvalue weighted by Gasteiger charge is -2.28. The Morgan fingerprint density at radius 3 is 2.92 bits per heavy atom. The molecule has 5 nitrogen and oxygen atoms in total. The molecule has 1 aliphatic heterocycles. The van der Waals surface area contributed by atoms with E-state index in [-0.39, 0.29) is 10.3 Å². The smallest absolute Gasteiger partial charge is 0.225 e. The summed E-state index contributed by atoms with van der Waals surface area (Å²) in [5.41, 5.74) is 7.72. The van der Waals surface area contributed by atoms with Gasteiger partial charge in [-0.25, -0.2) is 10.0 Å². The van der Waals surface area contributed by atoms with Gasteiger partial charge in [0.1, 0.15) is 10.3 Å². The van der Waals surface area contributed by atoms with Gasteiger partial charge in [0.15, 0.2) is 6.29 Å². The normalized spacial score (nSPS) is 22.9. The molecule has 3 N–H and O–H groups in total. The summed E-state index contributed by atoms with van der Waals surface area (Å²) in [5.74, 6) is 0. The van der Waals surface area contributed by atoms with Crippen LogP contribution in [0.15, 0.2) is 16.2 Å². The Hall–Kier alpha value is -0.780. The summed E-state index contributed by atoms with van der Waals surface area (Å²) in [5, 5.41) is 1.60. The zero-order chi connectivity index (χ0) is 9.14. The monoisotopic (exact) mass is 208 g/mol. The molecule has 0 saturated carbocycles. The van der Waals surface area contributed by atoms with Crippen molar-refractivity contribution in [2.24, 2.45) is 10.7 Å². The number of nitrogens with two attached hydrogens (primary N) is 1. The fraction of sp³-hybridized carbons (Fsp3) is 0.200. The summed E-state index contributed by atoms with van der Waals surface area (Å²) in [4.78, 5) is 13.8. The molecule has 1 amide bonds. The van der Waals surface area contributed by atoms with E-state index in [1.165, 1.54) is 11.1 Å². The first-order valence-corrected chi connectivity index (χ1v) is 3.76. The molecule has 0 radical (unpaired) electrons. The molecule has 0 bridgehead atoms. The Bertz CT molecular complexity index is 252. The second-order valence-electron chi connectivity index (χ2n) is 1.95. The molecule has 12 heavy (non-hydrogen) atoms. The first-order chi connectivity index (χ1) is 5.65. The molecule has 0 aliphatic carbocycles. The number of carbonyl (C=O) groups excluding carboxylic acids is 1. The third-order valence-electron chi connectivity index (χ3n) is 1.18. The van der Waals surface area contributed by atoms with Crippen LogP contribution >= 0.6 is 23.2 Å². The van der Waals surface area contributed by atoms with E-state index in [1.807, 2.05) is 0 Å². The van der Waals surface area contributed by atoms with Gasteiger partial charge in [0.2, 0.25) is 6.41 Å². The summed E-state index contributed by atoms with van der Waals surface area (Å²) in [6, 6.07) is 0. The van der Waals surface area contributed by atoms with Crippen molar-refractivity contribution in [3.63, 3.8) is 0 Å². The maximum Gasteiger partial charge on any atom is 0.225 e. The molecule has 0 spiro atoms. The maximum atomic E-state index is 10.1. The molecule has 0 aromatic heterocycles. The zero-order valence-electron chi connectivity index (χ0n) is 5.87. The minimum Gasteiger partial charge on any atom is -0.291 e. The molecule has 66 valence electrons. The van der Waals surface area contributed by atoms with Crippen molar-refractivity contribution in [2.45, 2.75) is 6.29 Å². The zero-order valence-corrected chi connectivity index (χ0v) is 7.38. The number of carbonyl (C=O) groups is 1. The van der Waals surface area contributed by atoms with E-state index < -0.39 is 6.29 Å². The van der Waals surface area contributed by atoms with Crippen molar-refractivity contribution in [3.8, 4) is 0 Å². The highest BCUT2D eigenvalue weighted by molar-refractivity contribution is 6.69. The largest absolute Gasteiger partial charge is 0.291 e. The van der Waals surface area contributed by atoms with Crippen molar-refractivity contribution >= 4 is 34.8 Å². The number of hydrogen-bond donors (Lipinski definition) is 2. The molecule has 0 aromatic rings. The van der Waals surface area contributed by atoms with Crippen molar-refractivity contribution in [1.29, 1.82) is 0 Å². The third-order valence-corrected chi connectivity index (χ3v) is 1.68. The predicted molar refractivity (Wildman–Crippen MR) is 46.2 cm³/mol. The number of halogens is 2. The fourth-order valence-electron chi connectivity index (χ4n) is 0.710. The molecular weight excluding hydrogens is 203 g/mol. The number of nitrogens with one attached hydrogen (secondary N) is 1. The predicted octanol–water partition coefficient (Wildman–Crippen LogP) is -0.0772. The Morgan fingerprint density at radius 2 is 2.42 bits per heavy atom. The molecule has 1 heterocycles. The molecule has 1 rings (SSSR count). The SMILES string of the molecule is NC1N=C(Cl)C=C(Cl)N1NC=O. The second-order valence-corrected chi connectivity index (χ2v) is 2.72. The van der Waals surface area contributed by atoms with Crippen molar-refractivity contribution in [3.05, 3.63) is 11.2 Å². The van der Waals surface area contributed by atoms with Crippen LogP contribution in [0.3, 0.4) is 0 Å². The highest BCUT2D eigenvalue weighted by atomic mass is 35.5.